The molecule has 0 bridgehead atoms. The van der Waals surface area contributed by atoms with Gasteiger partial charge in [0.2, 0.25) is 10.0 Å². The fraction of sp³-hybridized carbons (Fsp3) is 1.00. The molecule has 0 aromatic heterocycles. The van der Waals surface area contributed by atoms with E-state index >= 15 is 0 Å². The van der Waals surface area contributed by atoms with Crippen molar-refractivity contribution in [2.75, 3.05) is 25.4 Å². The number of hydrogen-bond donors (Lipinski definition) is 1. The van der Waals surface area contributed by atoms with E-state index in [0.717, 1.165) is 19.6 Å². The van der Waals surface area contributed by atoms with E-state index < -0.39 is 10.0 Å². The standard InChI is InChI=1S/C10H22N2O2S/c1-10(2)5-3-6-12(9-10)7-4-8-15(11,13)14/h3-9H2,1-2H3,(H2,11,13,14). The largest absolute Gasteiger partial charge is 0.303 e. The summed E-state index contributed by atoms with van der Waals surface area (Å²) in [5, 5.41) is 4.96. The van der Waals surface area contributed by atoms with Crippen LogP contribution in [0.3, 0.4) is 0 Å². The molecule has 90 valence electrons. The number of piperidine rings is 1. The molecule has 15 heavy (non-hydrogen) atoms. The van der Waals surface area contributed by atoms with Gasteiger partial charge in [-0.25, -0.2) is 13.6 Å². The van der Waals surface area contributed by atoms with Crippen LogP contribution in [0.15, 0.2) is 0 Å². The van der Waals surface area contributed by atoms with Crippen LogP contribution < -0.4 is 5.14 Å². The van der Waals surface area contributed by atoms with Crippen molar-refractivity contribution in [3.63, 3.8) is 0 Å². The van der Waals surface area contributed by atoms with Crippen molar-refractivity contribution in [1.82, 2.24) is 4.90 Å². The summed E-state index contributed by atoms with van der Waals surface area (Å²) in [5.41, 5.74) is 0.375. The van der Waals surface area contributed by atoms with Gasteiger partial charge in [0, 0.05) is 6.54 Å². The van der Waals surface area contributed by atoms with E-state index in [1.54, 1.807) is 0 Å². The fourth-order valence-corrected chi connectivity index (χ4v) is 2.76. The van der Waals surface area contributed by atoms with Crippen molar-refractivity contribution in [3.8, 4) is 0 Å². The predicted molar refractivity (Wildman–Crippen MR) is 62.0 cm³/mol. The lowest BCUT2D eigenvalue weighted by molar-refractivity contribution is 0.118. The van der Waals surface area contributed by atoms with Crippen LogP contribution in [0.2, 0.25) is 0 Å². The molecule has 1 heterocycles. The van der Waals surface area contributed by atoms with Crippen LogP contribution >= 0.6 is 0 Å². The Hall–Kier alpha value is -0.130. The van der Waals surface area contributed by atoms with E-state index in [1.165, 1.54) is 12.8 Å². The van der Waals surface area contributed by atoms with Crippen molar-refractivity contribution in [2.45, 2.75) is 33.1 Å². The molecule has 0 aromatic carbocycles. The molecule has 0 amide bonds. The van der Waals surface area contributed by atoms with Crippen molar-refractivity contribution in [1.29, 1.82) is 0 Å². The molecule has 1 aliphatic rings. The van der Waals surface area contributed by atoms with Crippen LogP contribution in [0, 0.1) is 5.41 Å². The van der Waals surface area contributed by atoms with Crippen LogP contribution in [0.5, 0.6) is 0 Å². The maximum Gasteiger partial charge on any atom is 0.209 e. The van der Waals surface area contributed by atoms with Gasteiger partial charge in [0.1, 0.15) is 0 Å². The molecule has 1 saturated heterocycles. The van der Waals surface area contributed by atoms with E-state index in [-0.39, 0.29) is 5.75 Å². The highest BCUT2D eigenvalue weighted by molar-refractivity contribution is 7.89. The first kappa shape index (κ1) is 12.9. The zero-order valence-electron chi connectivity index (χ0n) is 9.70. The van der Waals surface area contributed by atoms with Gasteiger partial charge in [-0.3, -0.25) is 0 Å². The maximum absolute atomic E-state index is 10.8. The molecule has 1 rings (SSSR count). The first-order valence-electron chi connectivity index (χ1n) is 5.51. The normalized spacial score (nSPS) is 22.9. The van der Waals surface area contributed by atoms with Gasteiger partial charge in [0.15, 0.2) is 0 Å². The Morgan fingerprint density at radius 3 is 2.60 bits per heavy atom. The van der Waals surface area contributed by atoms with Gasteiger partial charge in [-0.2, -0.15) is 0 Å². The lowest BCUT2D eigenvalue weighted by Gasteiger charge is -2.38. The van der Waals surface area contributed by atoms with Gasteiger partial charge >= 0.3 is 0 Å². The highest BCUT2D eigenvalue weighted by Gasteiger charge is 2.25. The summed E-state index contributed by atoms with van der Waals surface area (Å²) in [5.74, 6) is 0.101. The van der Waals surface area contributed by atoms with Gasteiger partial charge in [0.25, 0.3) is 0 Å². The van der Waals surface area contributed by atoms with E-state index in [1.807, 2.05) is 0 Å². The first-order chi connectivity index (χ1) is 6.79. The smallest absolute Gasteiger partial charge is 0.209 e. The zero-order valence-corrected chi connectivity index (χ0v) is 10.5. The van der Waals surface area contributed by atoms with Gasteiger partial charge in [-0.1, -0.05) is 13.8 Å². The second kappa shape index (κ2) is 4.80. The summed E-state index contributed by atoms with van der Waals surface area (Å²) in [6.45, 7) is 7.53. The predicted octanol–water partition coefficient (Wildman–Crippen LogP) is 0.787. The molecule has 0 aliphatic carbocycles. The molecular formula is C10H22N2O2S. The minimum absolute atomic E-state index is 0.101. The summed E-state index contributed by atoms with van der Waals surface area (Å²) in [6.07, 6.45) is 3.12. The molecule has 0 atom stereocenters. The molecule has 5 heteroatoms. The Morgan fingerprint density at radius 1 is 1.40 bits per heavy atom. The van der Waals surface area contributed by atoms with Crippen molar-refractivity contribution in [3.05, 3.63) is 0 Å². The molecule has 1 aliphatic heterocycles. The first-order valence-corrected chi connectivity index (χ1v) is 7.23. The minimum atomic E-state index is -3.28. The summed E-state index contributed by atoms with van der Waals surface area (Å²) < 4.78 is 21.5. The highest BCUT2D eigenvalue weighted by atomic mass is 32.2. The zero-order chi connectivity index (χ0) is 11.5. The van der Waals surface area contributed by atoms with Gasteiger partial charge in [0.05, 0.1) is 5.75 Å². The molecule has 2 N–H and O–H groups in total. The average Bonchev–Trinajstić information content (AvgIpc) is 1.99. The topological polar surface area (TPSA) is 63.4 Å². The third-order valence-electron chi connectivity index (χ3n) is 2.88. The molecule has 4 nitrogen and oxygen atoms in total. The van der Waals surface area contributed by atoms with E-state index in [2.05, 4.69) is 18.7 Å². The monoisotopic (exact) mass is 234 g/mol. The Bertz CT molecular complexity index is 299. The van der Waals surface area contributed by atoms with Crippen LogP contribution in [0.4, 0.5) is 0 Å². The summed E-state index contributed by atoms with van der Waals surface area (Å²) in [6, 6.07) is 0. The van der Waals surface area contributed by atoms with E-state index in [0.29, 0.717) is 11.8 Å². The number of sulfonamides is 1. The Balaban J connectivity index is 2.28. The van der Waals surface area contributed by atoms with Crippen LogP contribution in [-0.2, 0) is 10.0 Å². The maximum atomic E-state index is 10.8. The molecular weight excluding hydrogens is 212 g/mol. The number of hydrogen-bond acceptors (Lipinski definition) is 3. The van der Waals surface area contributed by atoms with Crippen molar-refractivity contribution >= 4 is 10.0 Å². The highest BCUT2D eigenvalue weighted by Crippen LogP contribution is 2.28. The number of likely N-dealkylation sites (tertiary alicyclic amines) is 1. The summed E-state index contributed by atoms with van der Waals surface area (Å²) in [7, 11) is -3.28. The third-order valence-corrected chi connectivity index (χ3v) is 3.74. The van der Waals surface area contributed by atoms with E-state index in [4.69, 9.17) is 5.14 Å². The second-order valence-electron chi connectivity index (χ2n) is 5.26. The molecule has 0 saturated carbocycles. The lowest BCUT2D eigenvalue weighted by Crippen LogP contribution is -2.40. The van der Waals surface area contributed by atoms with Crippen molar-refractivity contribution in [2.24, 2.45) is 10.6 Å². The van der Waals surface area contributed by atoms with Crippen molar-refractivity contribution < 1.29 is 8.42 Å². The second-order valence-corrected chi connectivity index (χ2v) is 7.00. The molecule has 0 aromatic rings. The third kappa shape index (κ3) is 5.49. The quantitative estimate of drug-likeness (QED) is 0.782. The van der Waals surface area contributed by atoms with Gasteiger partial charge < -0.3 is 4.90 Å². The lowest BCUT2D eigenvalue weighted by atomic mass is 9.84. The van der Waals surface area contributed by atoms with Crippen LogP contribution in [-0.4, -0.2) is 38.7 Å². The minimum Gasteiger partial charge on any atom is -0.303 e. The number of nitrogens with zero attached hydrogens (tertiary/aromatic N) is 1. The SMILES string of the molecule is CC1(C)CCCN(CCCS(N)(=O)=O)C1. The summed E-state index contributed by atoms with van der Waals surface area (Å²) >= 11 is 0. The summed E-state index contributed by atoms with van der Waals surface area (Å²) in [4.78, 5) is 2.34. The Labute approximate surface area is 92.9 Å². The molecule has 0 radical (unpaired) electrons. The average molecular weight is 234 g/mol. The molecule has 0 spiro atoms. The number of nitrogens with two attached hydrogens (primary N) is 1. The van der Waals surface area contributed by atoms with Crippen LogP contribution in [0.1, 0.15) is 33.1 Å². The molecule has 1 fully saturated rings. The van der Waals surface area contributed by atoms with Gasteiger partial charge in [-0.15, -0.1) is 0 Å². The number of primary sulfonamides is 1. The van der Waals surface area contributed by atoms with Gasteiger partial charge in [-0.05, 0) is 37.8 Å². The number of rotatable bonds is 4. The Morgan fingerprint density at radius 2 is 2.07 bits per heavy atom. The van der Waals surface area contributed by atoms with Crippen LogP contribution in [0.25, 0.3) is 0 Å². The molecule has 0 unspecified atom stereocenters. The fourth-order valence-electron chi connectivity index (χ4n) is 2.22. The van der Waals surface area contributed by atoms with E-state index in [9.17, 15) is 8.42 Å². The Kier molecular flexibility index (Phi) is 4.14.